The number of pyridine rings is 2. The van der Waals surface area contributed by atoms with E-state index in [-0.39, 0.29) is 0 Å². The number of nitrogens with two attached hydrogens (primary N) is 1. The maximum Gasteiger partial charge on any atom is 0.212 e. The number of ether oxygens (including phenoxy) is 3. The lowest BCUT2D eigenvalue weighted by Crippen LogP contribution is -2.05. The molecule has 0 radical (unpaired) electrons. The van der Waals surface area contributed by atoms with E-state index >= 15 is 0 Å². The van der Waals surface area contributed by atoms with Gasteiger partial charge >= 0.3 is 0 Å². The predicted molar refractivity (Wildman–Crippen MR) is 117 cm³/mol. The molecule has 0 saturated heterocycles. The minimum atomic E-state index is 0.383. The maximum absolute atomic E-state index is 5.99. The monoisotopic (exact) mass is 492 g/mol. The Kier molecular flexibility index (Phi) is 6.75. The molecule has 1 aromatic carbocycles. The Bertz CT molecular complexity index is 935. The summed E-state index contributed by atoms with van der Waals surface area (Å²) >= 11 is 2.18. The zero-order valence-electron chi connectivity index (χ0n) is 15.6. The summed E-state index contributed by atoms with van der Waals surface area (Å²) in [6.45, 7) is 0.949. The molecule has 0 spiro atoms. The van der Waals surface area contributed by atoms with Crippen LogP contribution in [0, 0.1) is 3.57 Å². The van der Waals surface area contributed by atoms with Gasteiger partial charge in [-0.15, -0.1) is 0 Å². The largest absolute Gasteiger partial charge is 0.493 e. The first-order chi connectivity index (χ1) is 13.6. The van der Waals surface area contributed by atoms with Gasteiger partial charge in [0.25, 0.3) is 0 Å². The molecule has 0 aliphatic heterocycles. The Morgan fingerprint density at radius 3 is 2.46 bits per heavy atom. The molecule has 0 fully saturated rings. The number of halogens is 1. The zero-order valence-corrected chi connectivity index (χ0v) is 17.8. The van der Waals surface area contributed by atoms with E-state index in [1.165, 1.54) is 0 Å². The molecular formula is C20H21IN4O3. The number of aromatic nitrogens is 2. The van der Waals surface area contributed by atoms with E-state index in [0.717, 1.165) is 14.7 Å². The van der Waals surface area contributed by atoms with Crippen LogP contribution in [0.1, 0.15) is 11.1 Å². The third-order valence-corrected chi connectivity index (χ3v) is 4.56. The fourth-order valence-corrected chi connectivity index (χ4v) is 2.98. The lowest BCUT2D eigenvalue weighted by Gasteiger charge is -2.13. The van der Waals surface area contributed by atoms with Crippen molar-refractivity contribution in [3.63, 3.8) is 0 Å². The molecule has 0 aliphatic carbocycles. The number of methoxy groups -OCH3 is 2. The van der Waals surface area contributed by atoms with Gasteiger partial charge < -0.3 is 25.3 Å². The second kappa shape index (κ2) is 9.45. The summed E-state index contributed by atoms with van der Waals surface area (Å²) in [7, 11) is 3.20. The summed E-state index contributed by atoms with van der Waals surface area (Å²) in [5, 5.41) is 3.24. The highest BCUT2D eigenvalue weighted by atomic mass is 127. The molecule has 2 heterocycles. The quantitative estimate of drug-likeness (QED) is 0.462. The topological polar surface area (TPSA) is 91.5 Å². The van der Waals surface area contributed by atoms with Crippen molar-refractivity contribution in [2.24, 2.45) is 0 Å². The zero-order chi connectivity index (χ0) is 19.9. The van der Waals surface area contributed by atoms with Gasteiger partial charge in [-0.3, -0.25) is 0 Å². The van der Waals surface area contributed by atoms with Crippen molar-refractivity contribution in [1.29, 1.82) is 0 Å². The number of hydrogen-bond acceptors (Lipinski definition) is 7. The van der Waals surface area contributed by atoms with Crippen molar-refractivity contribution in [2.75, 3.05) is 25.3 Å². The smallest absolute Gasteiger partial charge is 0.212 e. The van der Waals surface area contributed by atoms with Gasteiger partial charge in [0, 0.05) is 34.1 Å². The van der Waals surface area contributed by atoms with Crippen LogP contribution in [0.2, 0.25) is 0 Å². The molecule has 8 heteroatoms. The fourth-order valence-electron chi connectivity index (χ4n) is 2.51. The number of nitrogen functional groups attached to an aromatic ring is 1. The molecule has 3 rings (SSSR count). The van der Waals surface area contributed by atoms with Crippen molar-refractivity contribution in [1.82, 2.24) is 9.97 Å². The molecular weight excluding hydrogens is 471 g/mol. The number of hydrogen-bond donors (Lipinski definition) is 2. The SMILES string of the molecule is COc1ccc(COc2ccc(CNc3ncc(I)cc3N)cc2OC)cn1. The van der Waals surface area contributed by atoms with E-state index in [2.05, 4.69) is 37.9 Å². The Hall–Kier alpha value is -2.75. The van der Waals surface area contributed by atoms with Crippen molar-refractivity contribution in [3.8, 4) is 17.4 Å². The molecule has 146 valence electrons. The van der Waals surface area contributed by atoms with E-state index in [4.69, 9.17) is 19.9 Å². The van der Waals surface area contributed by atoms with Gasteiger partial charge in [-0.25, -0.2) is 9.97 Å². The third-order valence-electron chi connectivity index (χ3n) is 3.97. The normalized spacial score (nSPS) is 10.4. The second-order valence-electron chi connectivity index (χ2n) is 5.93. The molecule has 2 aromatic heterocycles. The van der Waals surface area contributed by atoms with Crippen molar-refractivity contribution >= 4 is 34.1 Å². The molecule has 0 saturated carbocycles. The van der Waals surface area contributed by atoms with Crippen molar-refractivity contribution in [3.05, 3.63) is 63.5 Å². The minimum Gasteiger partial charge on any atom is -0.493 e. The second-order valence-corrected chi connectivity index (χ2v) is 7.17. The van der Waals surface area contributed by atoms with Crippen LogP contribution in [0.15, 0.2) is 48.8 Å². The fraction of sp³-hybridized carbons (Fsp3) is 0.200. The van der Waals surface area contributed by atoms with E-state index in [0.29, 0.717) is 42.0 Å². The summed E-state index contributed by atoms with van der Waals surface area (Å²) in [6, 6.07) is 11.4. The lowest BCUT2D eigenvalue weighted by molar-refractivity contribution is 0.283. The van der Waals surface area contributed by atoms with Gasteiger partial charge in [0.15, 0.2) is 11.5 Å². The molecule has 0 atom stereocenters. The van der Waals surface area contributed by atoms with Crippen LogP contribution in [0.25, 0.3) is 0 Å². The predicted octanol–water partition coefficient (Wildman–Crippen LogP) is 3.87. The molecule has 28 heavy (non-hydrogen) atoms. The summed E-state index contributed by atoms with van der Waals surface area (Å²) in [4.78, 5) is 8.49. The van der Waals surface area contributed by atoms with Crippen LogP contribution in [0.5, 0.6) is 17.4 Å². The van der Waals surface area contributed by atoms with E-state index < -0.39 is 0 Å². The molecule has 3 aromatic rings. The number of benzene rings is 1. The van der Waals surface area contributed by atoms with Crippen LogP contribution in [0.3, 0.4) is 0 Å². The highest BCUT2D eigenvalue weighted by Gasteiger charge is 2.08. The molecule has 7 nitrogen and oxygen atoms in total. The van der Waals surface area contributed by atoms with Gasteiger partial charge in [0.1, 0.15) is 12.4 Å². The molecule has 0 amide bonds. The highest BCUT2D eigenvalue weighted by molar-refractivity contribution is 14.1. The van der Waals surface area contributed by atoms with Crippen molar-refractivity contribution in [2.45, 2.75) is 13.2 Å². The Morgan fingerprint density at radius 1 is 0.964 bits per heavy atom. The van der Waals surface area contributed by atoms with Crippen LogP contribution in [-0.2, 0) is 13.2 Å². The first-order valence-electron chi connectivity index (χ1n) is 8.52. The van der Waals surface area contributed by atoms with Crippen LogP contribution in [-0.4, -0.2) is 24.2 Å². The molecule has 0 aliphatic rings. The number of nitrogens with one attached hydrogen (secondary N) is 1. The Balaban J connectivity index is 1.64. The molecule has 0 bridgehead atoms. The van der Waals surface area contributed by atoms with Gasteiger partial charge in [0.2, 0.25) is 5.88 Å². The Morgan fingerprint density at radius 2 is 1.79 bits per heavy atom. The van der Waals surface area contributed by atoms with E-state index in [9.17, 15) is 0 Å². The summed E-state index contributed by atoms with van der Waals surface area (Å²) in [6.07, 6.45) is 3.49. The molecule has 0 unspecified atom stereocenters. The van der Waals surface area contributed by atoms with Crippen molar-refractivity contribution < 1.29 is 14.2 Å². The molecule has 3 N–H and O–H groups in total. The average Bonchev–Trinajstić information content (AvgIpc) is 2.72. The first-order valence-corrected chi connectivity index (χ1v) is 9.60. The van der Waals surface area contributed by atoms with Gasteiger partial charge in [-0.1, -0.05) is 6.07 Å². The number of anilines is 2. The van der Waals surface area contributed by atoms with E-state index in [1.807, 2.05) is 30.3 Å². The third kappa shape index (κ3) is 5.16. The lowest BCUT2D eigenvalue weighted by atomic mass is 10.2. The van der Waals surface area contributed by atoms with E-state index in [1.54, 1.807) is 32.7 Å². The number of nitrogens with zero attached hydrogens (tertiary/aromatic N) is 2. The maximum atomic E-state index is 5.99. The number of rotatable bonds is 8. The summed E-state index contributed by atoms with van der Waals surface area (Å²) in [5.74, 6) is 2.55. The van der Waals surface area contributed by atoms with Crippen LogP contribution in [0.4, 0.5) is 11.5 Å². The Labute approximate surface area is 177 Å². The van der Waals surface area contributed by atoms with Gasteiger partial charge in [-0.2, -0.15) is 0 Å². The van der Waals surface area contributed by atoms with Gasteiger partial charge in [0.05, 0.1) is 19.9 Å². The standard InChI is InChI=1S/C20H21IN4O3/c1-26-18-7-13(9-24-20-16(22)8-15(21)11-25-20)3-5-17(18)28-12-14-4-6-19(27-2)23-10-14/h3-8,10-11H,9,12,22H2,1-2H3,(H,24,25). The van der Waals surface area contributed by atoms with Crippen LogP contribution < -0.4 is 25.3 Å². The highest BCUT2D eigenvalue weighted by Crippen LogP contribution is 2.29. The minimum absolute atomic E-state index is 0.383. The average molecular weight is 492 g/mol. The first kappa shape index (κ1) is 20.0. The summed E-state index contributed by atoms with van der Waals surface area (Å²) in [5.41, 5.74) is 8.57. The van der Waals surface area contributed by atoms with Gasteiger partial charge in [-0.05, 0) is 52.4 Å². The summed E-state index contributed by atoms with van der Waals surface area (Å²) < 4.78 is 17.4. The van der Waals surface area contributed by atoms with Crippen LogP contribution >= 0.6 is 22.6 Å².